The second-order valence-corrected chi connectivity index (χ2v) is 2.18. The Balaban J connectivity index is -0.000000101. The second kappa shape index (κ2) is 13.0. The van der Waals surface area contributed by atoms with E-state index in [1.165, 1.54) is 0 Å². The molecule has 0 atom stereocenters. The average molecular weight is 290 g/mol. The van der Waals surface area contributed by atoms with E-state index in [1.807, 2.05) is 0 Å². The minimum absolute atomic E-state index is 0. The van der Waals surface area contributed by atoms with Gasteiger partial charge in [0.15, 0.2) is 0 Å². The number of rotatable bonds is 0. The third-order valence-corrected chi connectivity index (χ3v) is 1.33. The summed E-state index contributed by atoms with van der Waals surface area (Å²) in [6.45, 7) is 0. The molecule has 0 aliphatic heterocycles. The van der Waals surface area contributed by atoms with E-state index in [4.69, 9.17) is 0 Å². The Kier molecular flexibility index (Phi) is 19.7. The van der Waals surface area contributed by atoms with Crippen LogP contribution in [-0.4, -0.2) is 39.4 Å². The van der Waals surface area contributed by atoms with Gasteiger partial charge in [0, 0.05) is 0 Å². The van der Waals surface area contributed by atoms with Crippen LogP contribution in [0.4, 0.5) is 14.4 Å². The first-order chi connectivity index (χ1) is 5.60. The standard InChI is InChI=1S/C3H6O7Si2.2K.2H/c4-1(7-2(5)9-11)8-3(6)10-12;;;;/h11-12H3;;;;/q;2*+1;2*-1. The van der Waals surface area contributed by atoms with Gasteiger partial charge >= 0.3 is 121 Å². The molecule has 14 heavy (non-hydrogen) atoms. The summed E-state index contributed by atoms with van der Waals surface area (Å²) in [6, 6.07) is 0. The molecule has 72 valence electrons. The predicted molar refractivity (Wildman–Crippen MR) is 42.6 cm³/mol. The summed E-state index contributed by atoms with van der Waals surface area (Å²) in [7, 11) is 0.173. The first-order valence-electron chi connectivity index (χ1n) is 2.65. The zero-order chi connectivity index (χ0) is 9.56. The molecule has 0 saturated carbocycles. The largest absolute Gasteiger partial charge is 1.00 e. The van der Waals surface area contributed by atoms with Crippen molar-refractivity contribution in [1.82, 2.24) is 0 Å². The van der Waals surface area contributed by atoms with E-state index >= 15 is 0 Å². The number of ether oxygens (including phenoxy) is 2. The van der Waals surface area contributed by atoms with E-state index in [0.717, 1.165) is 0 Å². The number of carbonyl (C=O) groups is 3. The summed E-state index contributed by atoms with van der Waals surface area (Å²) < 4.78 is 15.7. The number of hydrogen-bond acceptors (Lipinski definition) is 7. The maximum absolute atomic E-state index is 10.4. The van der Waals surface area contributed by atoms with Crippen molar-refractivity contribution in [2.45, 2.75) is 0 Å². The molecule has 11 heteroatoms. The van der Waals surface area contributed by atoms with Crippen LogP contribution < -0.4 is 103 Å². The maximum Gasteiger partial charge on any atom is 1.00 e. The van der Waals surface area contributed by atoms with E-state index in [1.54, 1.807) is 0 Å². The van der Waals surface area contributed by atoms with Gasteiger partial charge in [-0.2, -0.15) is 0 Å². The van der Waals surface area contributed by atoms with Crippen LogP contribution in [0.5, 0.6) is 0 Å². The zero-order valence-electron chi connectivity index (χ0n) is 10.4. The molecule has 0 aliphatic carbocycles. The van der Waals surface area contributed by atoms with E-state index in [0.29, 0.717) is 0 Å². The van der Waals surface area contributed by atoms with Gasteiger partial charge in [0.1, 0.15) is 0 Å². The zero-order valence-corrected chi connectivity index (χ0v) is 18.6. The maximum atomic E-state index is 10.4. The molecule has 0 rings (SSSR count). The van der Waals surface area contributed by atoms with Gasteiger partial charge in [-0.25, -0.2) is 14.4 Å². The van der Waals surface area contributed by atoms with Crippen molar-refractivity contribution < 1.29 is 138 Å². The van der Waals surface area contributed by atoms with Crippen LogP contribution >= 0.6 is 0 Å². The fraction of sp³-hybridized carbons (Fsp3) is 0. The van der Waals surface area contributed by atoms with Gasteiger partial charge < -0.3 is 21.2 Å². The molecule has 0 aromatic heterocycles. The molecule has 0 unspecified atom stereocenters. The molecule has 0 aromatic carbocycles. The van der Waals surface area contributed by atoms with Crippen molar-refractivity contribution >= 4 is 39.4 Å². The summed E-state index contributed by atoms with van der Waals surface area (Å²) in [6.07, 6.45) is -3.86. The molecule has 0 radical (unpaired) electrons. The molecule has 0 fully saturated rings. The second-order valence-electron chi connectivity index (χ2n) is 1.36. The monoisotopic (exact) mass is 290 g/mol. The molecule has 0 bridgehead atoms. The van der Waals surface area contributed by atoms with Gasteiger partial charge in [-0.3, -0.25) is 0 Å². The molecule has 0 saturated heterocycles. The molecular formula is C3H8K2O7Si2. The molecule has 0 aliphatic rings. The summed E-state index contributed by atoms with van der Waals surface area (Å²) >= 11 is 0. The van der Waals surface area contributed by atoms with E-state index < -0.39 is 18.5 Å². The topological polar surface area (TPSA) is 88.1 Å². The Morgan fingerprint density at radius 1 is 0.786 bits per heavy atom. The van der Waals surface area contributed by atoms with E-state index in [9.17, 15) is 14.4 Å². The normalized spacial score (nSPS) is 7.43. The van der Waals surface area contributed by atoms with E-state index in [-0.39, 0.29) is 127 Å². The molecule has 0 aromatic rings. The first-order valence-corrected chi connectivity index (χ1v) is 4.29. The van der Waals surface area contributed by atoms with Gasteiger partial charge in [0.2, 0.25) is 21.0 Å². The summed E-state index contributed by atoms with van der Waals surface area (Å²) in [5.41, 5.74) is 0. The van der Waals surface area contributed by atoms with Crippen molar-refractivity contribution in [2.24, 2.45) is 0 Å². The third kappa shape index (κ3) is 12.0. The van der Waals surface area contributed by atoms with Gasteiger partial charge in [-0.15, -0.1) is 0 Å². The SMILES string of the molecule is O=C(O[SiH3])OC(=O)OC(=O)O[SiH3].[H-].[H-].[K+].[K+]. The van der Waals surface area contributed by atoms with Crippen LogP contribution in [-0.2, 0) is 18.3 Å². The van der Waals surface area contributed by atoms with Crippen molar-refractivity contribution in [3.8, 4) is 0 Å². The molecular weight excluding hydrogens is 282 g/mol. The van der Waals surface area contributed by atoms with Crippen molar-refractivity contribution in [3.63, 3.8) is 0 Å². The molecule has 0 heterocycles. The summed E-state index contributed by atoms with van der Waals surface area (Å²) in [5.74, 6) is 0. The van der Waals surface area contributed by atoms with Crippen molar-refractivity contribution in [1.29, 1.82) is 0 Å². The number of carbonyl (C=O) groups excluding carboxylic acids is 3. The minimum atomic E-state index is -1.46. The molecule has 7 nitrogen and oxygen atoms in total. The fourth-order valence-corrected chi connectivity index (χ4v) is 0.407. The van der Waals surface area contributed by atoms with Crippen LogP contribution in [0.3, 0.4) is 0 Å². The first kappa shape index (κ1) is 21.2. The van der Waals surface area contributed by atoms with Gasteiger partial charge in [-0.05, 0) is 0 Å². The van der Waals surface area contributed by atoms with Crippen LogP contribution in [0.25, 0.3) is 0 Å². The number of hydrogen-bond donors (Lipinski definition) is 0. The third-order valence-electron chi connectivity index (χ3n) is 0.667. The summed E-state index contributed by atoms with van der Waals surface area (Å²) in [5, 5.41) is 0. The van der Waals surface area contributed by atoms with Crippen LogP contribution in [0.1, 0.15) is 2.85 Å². The van der Waals surface area contributed by atoms with Crippen molar-refractivity contribution in [3.05, 3.63) is 0 Å². The van der Waals surface area contributed by atoms with Gasteiger partial charge in [0.25, 0.3) is 0 Å². The summed E-state index contributed by atoms with van der Waals surface area (Å²) in [4.78, 5) is 30.8. The Morgan fingerprint density at radius 2 is 1.07 bits per heavy atom. The Morgan fingerprint density at radius 3 is 1.29 bits per heavy atom. The van der Waals surface area contributed by atoms with Crippen molar-refractivity contribution in [2.75, 3.05) is 0 Å². The Bertz CT molecular complexity index is 198. The quantitative estimate of drug-likeness (QED) is 0.249. The average Bonchev–Trinajstić information content (AvgIpc) is 2.03. The van der Waals surface area contributed by atoms with Gasteiger partial charge in [0.05, 0.1) is 0 Å². The Labute approximate surface area is 174 Å². The molecule has 0 amide bonds. The Hall–Kier alpha value is 1.92. The molecule has 0 N–H and O–H groups in total. The predicted octanol–water partition coefficient (Wildman–Crippen LogP) is -7.79. The van der Waals surface area contributed by atoms with Crippen LogP contribution in [0.15, 0.2) is 0 Å². The van der Waals surface area contributed by atoms with Gasteiger partial charge in [-0.1, -0.05) is 0 Å². The minimum Gasteiger partial charge on any atom is -1.00 e. The van der Waals surface area contributed by atoms with Crippen LogP contribution in [0.2, 0.25) is 0 Å². The van der Waals surface area contributed by atoms with E-state index in [2.05, 4.69) is 18.3 Å². The fourth-order valence-electron chi connectivity index (χ4n) is 0.240. The smallest absolute Gasteiger partial charge is 1.00 e. The molecule has 0 spiro atoms. The van der Waals surface area contributed by atoms with Crippen LogP contribution in [0, 0.1) is 0 Å².